The summed E-state index contributed by atoms with van der Waals surface area (Å²) in [5, 5.41) is 0. The van der Waals surface area contributed by atoms with Crippen molar-refractivity contribution in [3.63, 3.8) is 0 Å². The van der Waals surface area contributed by atoms with Crippen molar-refractivity contribution >= 4 is 11.5 Å². The van der Waals surface area contributed by atoms with Gasteiger partial charge in [0.15, 0.2) is 17.4 Å². The van der Waals surface area contributed by atoms with Crippen LogP contribution in [0.3, 0.4) is 0 Å². The molecule has 2 N–H and O–H groups in total. The molecule has 2 nitrogen and oxygen atoms in total. The van der Waals surface area contributed by atoms with Crippen LogP contribution < -0.4 is 5.73 Å². The molecule has 2 aromatic rings. The molecule has 0 unspecified atom stereocenters. The third kappa shape index (κ3) is 2.93. The zero-order valence-electron chi connectivity index (χ0n) is 9.79. The molecule has 0 fully saturated rings. The van der Waals surface area contributed by atoms with Gasteiger partial charge in [0.05, 0.1) is 0 Å². The number of benzene rings is 2. The Kier molecular flexibility index (Phi) is 3.55. The third-order valence-electron chi connectivity index (χ3n) is 2.66. The lowest BCUT2D eigenvalue weighted by Crippen LogP contribution is -2.08. The Bertz CT molecular complexity index is 641. The molecule has 0 atom stereocenters. The number of hydrogen-bond acceptors (Lipinski definition) is 2. The number of carbonyl (C=O) groups is 1. The third-order valence-corrected chi connectivity index (χ3v) is 2.66. The van der Waals surface area contributed by atoms with E-state index in [1.165, 1.54) is 12.1 Å². The van der Waals surface area contributed by atoms with E-state index in [1.54, 1.807) is 0 Å². The Labute approximate surface area is 107 Å². The van der Waals surface area contributed by atoms with E-state index in [4.69, 9.17) is 5.73 Å². The van der Waals surface area contributed by atoms with Gasteiger partial charge in [-0.1, -0.05) is 6.07 Å². The number of halogens is 3. The van der Waals surface area contributed by atoms with Crippen molar-refractivity contribution in [1.82, 2.24) is 0 Å². The van der Waals surface area contributed by atoms with Gasteiger partial charge in [0.1, 0.15) is 5.82 Å². The topological polar surface area (TPSA) is 43.1 Å². The summed E-state index contributed by atoms with van der Waals surface area (Å²) in [6.45, 7) is 0. The molecule has 0 bridgehead atoms. The second-order valence-electron chi connectivity index (χ2n) is 4.08. The van der Waals surface area contributed by atoms with Crippen LogP contribution in [0.5, 0.6) is 0 Å². The van der Waals surface area contributed by atoms with Gasteiger partial charge >= 0.3 is 0 Å². The maximum atomic E-state index is 13.0. The van der Waals surface area contributed by atoms with Gasteiger partial charge in [-0.05, 0) is 35.9 Å². The van der Waals surface area contributed by atoms with Crippen LogP contribution in [0.15, 0.2) is 36.4 Å². The standard InChI is InChI=1S/C14H10F3NO/c15-9-2-4-13(18)10(7-9)14(19)6-8-1-3-11(16)12(17)5-8/h1-5,7H,6,18H2. The van der Waals surface area contributed by atoms with Crippen molar-refractivity contribution in [2.24, 2.45) is 0 Å². The first kappa shape index (κ1) is 13.1. The summed E-state index contributed by atoms with van der Waals surface area (Å²) in [6.07, 6.45) is -0.176. The Morgan fingerprint density at radius 1 is 1.00 bits per heavy atom. The van der Waals surface area contributed by atoms with Crippen LogP contribution in [0, 0.1) is 17.5 Å². The predicted octanol–water partition coefficient (Wildman–Crippen LogP) is 3.11. The molecule has 0 radical (unpaired) electrons. The van der Waals surface area contributed by atoms with Crippen LogP contribution in [0.4, 0.5) is 18.9 Å². The van der Waals surface area contributed by atoms with E-state index in [0.717, 1.165) is 24.3 Å². The van der Waals surface area contributed by atoms with Gasteiger partial charge in [0, 0.05) is 17.7 Å². The quantitative estimate of drug-likeness (QED) is 0.684. The van der Waals surface area contributed by atoms with Crippen molar-refractivity contribution in [3.8, 4) is 0 Å². The number of Topliss-reactive ketones (excluding diaryl/α,β-unsaturated/α-hetero) is 1. The van der Waals surface area contributed by atoms with E-state index in [-0.39, 0.29) is 17.7 Å². The summed E-state index contributed by atoms with van der Waals surface area (Å²) in [7, 11) is 0. The lowest BCUT2D eigenvalue weighted by molar-refractivity contribution is 0.0993. The minimum atomic E-state index is -1.03. The van der Waals surface area contributed by atoms with Crippen molar-refractivity contribution in [2.75, 3.05) is 5.73 Å². The lowest BCUT2D eigenvalue weighted by atomic mass is 10.0. The average Bonchev–Trinajstić information content (AvgIpc) is 2.36. The molecule has 98 valence electrons. The molecular formula is C14H10F3NO. The van der Waals surface area contributed by atoms with Gasteiger partial charge in [0.25, 0.3) is 0 Å². The van der Waals surface area contributed by atoms with Crippen LogP contribution in [-0.4, -0.2) is 5.78 Å². The molecule has 2 aromatic carbocycles. The minimum absolute atomic E-state index is 0.0322. The summed E-state index contributed by atoms with van der Waals surface area (Å²) in [6, 6.07) is 6.62. The number of hydrogen-bond donors (Lipinski definition) is 1. The second-order valence-corrected chi connectivity index (χ2v) is 4.08. The van der Waals surface area contributed by atoms with Gasteiger partial charge in [-0.3, -0.25) is 4.79 Å². The van der Waals surface area contributed by atoms with Crippen LogP contribution in [-0.2, 0) is 6.42 Å². The van der Waals surface area contributed by atoms with Gasteiger partial charge in [-0.2, -0.15) is 0 Å². The smallest absolute Gasteiger partial charge is 0.169 e. The monoisotopic (exact) mass is 265 g/mol. The molecule has 2 rings (SSSR count). The van der Waals surface area contributed by atoms with E-state index >= 15 is 0 Å². The molecule has 0 saturated carbocycles. The fraction of sp³-hybridized carbons (Fsp3) is 0.0714. The maximum Gasteiger partial charge on any atom is 0.169 e. The molecule has 0 heterocycles. The SMILES string of the molecule is Nc1ccc(F)cc1C(=O)Cc1ccc(F)c(F)c1. The molecule has 19 heavy (non-hydrogen) atoms. The molecule has 0 aliphatic rings. The summed E-state index contributed by atoms with van der Waals surface area (Å²) < 4.78 is 38.8. The summed E-state index contributed by atoms with van der Waals surface area (Å²) in [5.41, 5.74) is 6.05. The highest BCUT2D eigenvalue weighted by Crippen LogP contribution is 2.17. The first-order valence-electron chi connectivity index (χ1n) is 5.49. The molecule has 0 aliphatic heterocycles. The number of anilines is 1. The highest BCUT2D eigenvalue weighted by molar-refractivity contribution is 6.01. The number of ketones is 1. The average molecular weight is 265 g/mol. The fourth-order valence-electron chi connectivity index (χ4n) is 1.70. The number of nitrogen functional groups attached to an aromatic ring is 1. The van der Waals surface area contributed by atoms with Crippen LogP contribution in [0.1, 0.15) is 15.9 Å². The van der Waals surface area contributed by atoms with Crippen LogP contribution >= 0.6 is 0 Å². The Balaban J connectivity index is 2.25. The number of rotatable bonds is 3. The first-order valence-corrected chi connectivity index (χ1v) is 5.49. The molecule has 5 heteroatoms. The van der Waals surface area contributed by atoms with Crippen molar-refractivity contribution in [1.29, 1.82) is 0 Å². The highest BCUT2D eigenvalue weighted by atomic mass is 19.2. The molecule has 0 saturated heterocycles. The maximum absolute atomic E-state index is 13.0. The Hall–Kier alpha value is -2.30. The summed E-state index contributed by atoms with van der Waals surface area (Å²) in [5.74, 6) is -3.05. The van der Waals surface area contributed by atoms with Crippen LogP contribution in [0.2, 0.25) is 0 Å². The minimum Gasteiger partial charge on any atom is -0.398 e. The van der Waals surface area contributed by atoms with Gasteiger partial charge < -0.3 is 5.73 Å². The summed E-state index contributed by atoms with van der Waals surface area (Å²) >= 11 is 0. The van der Waals surface area contributed by atoms with Crippen LogP contribution in [0.25, 0.3) is 0 Å². The lowest BCUT2D eigenvalue weighted by Gasteiger charge is -2.05. The predicted molar refractivity (Wildman–Crippen MR) is 65.2 cm³/mol. The Morgan fingerprint density at radius 2 is 1.74 bits per heavy atom. The normalized spacial score (nSPS) is 10.5. The van der Waals surface area contributed by atoms with Gasteiger partial charge in [0.2, 0.25) is 0 Å². The van der Waals surface area contributed by atoms with Crippen molar-refractivity contribution < 1.29 is 18.0 Å². The highest BCUT2D eigenvalue weighted by Gasteiger charge is 2.13. The molecule has 0 spiro atoms. The molecular weight excluding hydrogens is 255 g/mol. The summed E-state index contributed by atoms with van der Waals surface area (Å²) in [4.78, 5) is 11.9. The zero-order chi connectivity index (χ0) is 14.0. The second kappa shape index (κ2) is 5.14. The fourth-order valence-corrected chi connectivity index (χ4v) is 1.70. The van der Waals surface area contributed by atoms with Gasteiger partial charge in [-0.25, -0.2) is 13.2 Å². The van der Waals surface area contributed by atoms with Crippen molar-refractivity contribution in [3.05, 3.63) is 65.0 Å². The van der Waals surface area contributed by atoms with Crippen molar-refractivity contribution in [2.45, 2.75) is 6.42 Å². The number of nitrogens with two attached hydrogens (primary N) is 1. The first-order chi connectivity index (χ1) is 8.97. The molecule has 0 aromatic heterocycles. The number of carbonyl (C=O) groups excluding carboxylic acids is 1. The largest absolute Gasteiger partial charge is 0.398 e. The molecule has 0 aliphatic carbocycles. The van der Waals surface area contributed by atoms with E-state index < -0.39 is 23.2 Å². The van der Waals surface area contributed by atoms with E-state index in [2.05, 4.69) is 0 Å². The van der Waals surface area contributed by atoms with E-state index in [0.29, 0.717) is 5.56 Å². The van der Waals surface area contributed by atoms with E-state index in [9.17, 15) is 18.0 Å². The molecule has 0 amide bonds. The zero-order valence-corrected chi connectivity index (χ0v) is 9.79. The van der Waals surface area contributed by atoms with Gasteiger partial charge in [-0.15, -0.1) is 0 Å². The Morgan fingerprint density at radius 3 is 2.42 bits per heavy atom. The van der Waals surface area contributed by atoms with E-state index in [1.807, 2.05) is 0 Å².